The molecule has 4 rings (SSSR count). The number of hydrogen-bond donors (Lipinski definition) is 1. The molecule has 0 radical (unpaired) electrons. The Morgan fingerprint density at radius 1 is 1.06 bits per heavy atom. The van der Waals surface area contributed by atoms with Gasteiger partial charge in [-0.05, 0) is 37.3 Å². The molecule has 0 atom stereocenters. The molecule has 0 bridgehead atoms. The fourth-order valence-corrected chi connectivity index (χ4v) is 6.66. The summed E-state index contributed by atoms with van der Waals surface area (Å²) in [6.07, 6.45) is -3.79. The number of nitrogens with zero attached hydrogens (tertiary/aromatic N) is 3. The summed E-state index contributed by atoms with van der Waals surface area (Å²) >= 11 is 0. The van der Waals surface area contributed by atoms with E-state index in [1.54, 1.807) is 13.0 Å². The Kier molecular flexibility index (Phi) is 6.36. The largest absolute Gasteiger partial charge is 0.401 e. The minimum Gasteiger partial charge on any atom is -0.285 e. The summed E-state index contributed by atoms with van der Waals surface area (Å²) < 4.78 is 109. The second-order valence-electron chi connectivity index (χ2n) is 8.20. The highest BCUT2D eigenvalue weighted by molar-refractivity contribution is 7.93. The molecule has 2 heterocycles. The third-order valence-electron chi connectivity index (χ3n) is 5.51. The van der Waals surface area contributed by atoms with E-state index in [0.29, 0.717) is 3.97 Å². The van der Waals surface area contributed by atoms with Gasteiger partial charge in [0.25, 0.3) is 20.0 Å². The van der Waals surface area contributed by atoms with E-state index in [1.165, 1.54) is 30.3 Å². The standard InChI is InChI=1S/C22H18F4N4O4S2/c1-14-2-5-16(6-3-14)36(33,34)30-12-21(17-10-29(11-20(17)30)13-22(24,25)26)35(31,32)28-19-7-4-15(9-27)8-18(19)23/h2-8,12,28H,10-11,13H2,1H3. The Morgan fingerprint density at radius 2 is 1.72 bits per heavy atom. The Bertz CT molecular complexity index is 1590. The van der Waals surface area contributed by atoms with E-state index < -0.39 is 62.3 Å². The number of hydrogen-bond acceptors (Lipinski definition) is 6. The molecule has 0 aliphatic carbocycles. The highest BCUT2D eigenvalue weighted by Gasteiger charge is 2.39. The third-order valence-corrected chi connectivity index (χ3v) is 8.65. The number of fused-ring (bicyclic) bond motifs is 1. The van der Waals surface area contributed by atoms with Crippen LogP contribution < -0.4 is 4.72 Å². The quantitative estimate of drug-likeness (QED) is 0.475. The van der Waals surface area contributed by atoms with Crippen LogP contribution in [0.15, 0.2) is 58.5 Å². The van der Waals surface area contributed by atoms with Crippen LogP contribution in [-0.4, -0.2) is 38.4 Å². The van der Waals surface area contributed by atoms with E-state index in [1.807, 2.05) is 4.72 Å². The number of nitrogens with one attached hydrogen (secondary N) is 1. The topological polar surface area (TPSA) is 112 Å². The molecule has 1 aromatic heterocycles. The number of benzene rings is 2. The van der Waals surface area contributed by atoms with Gasteiger partial charge in [-0.3, -0.25) is 9.62 Å². The highest BCUT2D eigenvalue weighted by Crippen LogP contribution is 2.36. The number of nitriles is 1. The fourth-order valence-electron chi connectivity index (χ4n) is 3.87. The summed E-state index contributed by atoms with van der Waals surface area (Å²) in [5.74, 6) is -1.06. The summed E-state index contributed by atoms with van der Waals surface area (Å²) in [6.45, 7) is -0.612. The van der Waals surface area contributed by atoms with E-state index in [-0.39, 0.29) is 21.7 Å². The Morgan fingerprint density at radius 3 is 2.31 bits per heavy atom. The fraction of sp³-hybridized carbons (Fsp3) is 0.227. The molecule has 36 heavy (non-hydrogen) atoms. The lowest BCUT2D eigenvalue weighted by atomic mass is 10.2. The molecule has 0 fully saturated rings. The van der Waals surface area contributed by atoms with Crippen molar-refractivity contribution in [3.63, 3.8) is 0 Å². The molecule has 1 N–H and O–H groups in total. The number of alkyl halides is 3. The van der Waals surface area contributed by atoms with Crippen LogP contribution >= 0.6 is 0 Å². The lowest BCUT2D eigenvalue weighted by Crippen LogP contribution is -2.31. The zero-order valence-electron chi connectivity index (χ0n) is 18.5. The molecule has 2 aromatic carbocycles. The zero-order chi connectivity index (χ0) is 26.5. The van der Waals surface area contributed by atoms with Crippen LogP contribution in [0.2, 0.25) is 0 Å². The monoisotopic (exact) mass is 542 g/mol. The van der Waals surface area contributed by atoms with Crippen LogP contribution in [0.1, 0.15) is 22.4 Å². The van der Waals surface area contributed by atoms with Gasteiger partial charge in [-0.2, -0.15) is 18.4 Å². The SMILES string of the molecule is Cc1ccc(S(=O)(=O)n2cc(S(=O)(=O)Nc3ccc(C#N)cc3F)c3c2CN(CC(F)(F)F)C3)cc1. The maximum absolute atomic E-state index is 14.3. The van der Waals surface area contributed by atoms with Crippen molar-refractivity contribution in [1.29, 1.82) is 5.26 Å². The van der Waals surface area contributed by atoms with Gasteiger partial charge in [-0.25, -0.2) is 25.2 Å². The summed E-state index contributed by atoms with van der Waals surface area (Å²) in [5.41, 5.74) is -0.0894. The van der Waals surface area contributed by atoms with Crippen LogP contribution in [0, 0.1) is 24.1 Å². The summed E-state index contributed by atoms with van der Waals surface area (Å²) in [6, 6.07) is 10.4. The van der Waals surface area contributed by atoms with Gasteiger partial charge < -0.3 is 0 Å². The molecule has 14 heteroatoms. The third kappa shape index (κ3) is 4.95. The van der Waals surface area contributed by atoms with Crippen LogP contribution in [-0.2, 0) is 33.1 Å². The van der Waals surface area contributed by atoms with Crippen molar-refractivity contribution in [2.45, 2.75) is 36.0 Å². The smallest absolute Gasteiger partial charge is 0.285 e. The Labute approximate surface area is 204 Å². The number of aryl methyl sites for hydroxylation is 1. The molecule has 0 unspecified atom stereocenters. The molecule has 0 saturated carbocycles. The molecule has 0 spiro atoms. The van der Waals surface area contributed by atoms with Crippen molar-refractivity contribution < 1.29 is 34.4 Å². The van der Waals surface area contributed by atoms with Crippen molar-refractivity contribution in [3.8, 4) is 6.07 Å². The molecule has 1 aliphatic heterocycles. The second-order valence-corrected chi connectivity index (χ2v) is 11.7. The summed E-state index contributed by atoms with van der Waals surface area (Å²) in [7, 11) is -9.01. The molecule has 0 amide bonds. The number of sulfonamides is 1. The summed E-state index contributed by atoms with van der Waals surface area (Å²) in [4.78, 5) is 0.0875. The molecule has 3 aromatic rings. The first-order chi connectivity index (χ1) is 16.7. The number of halogens is 4. The maximum Gasteiger partial charge on any atom is 0.401 e. The first-order valence-electron chi connectivity index (χ1n) is 10.3. The Balaban J connectivity index is 1.82. The first kappa shape index (κ1) is 25.7. The van der Waals surface area contributed by atoms with Crippen LogP contribution in [0.4, 0.5) is 23.2 Å². The van der Waals surface area contributed by atoms with Gasteiger partial charge in [-0.15, -0.1) is 0 Å². The van der Waals surface area contributed by atoms with Crippen LogP contribution in [0.25, 0.3) is 0 Å². The highest BCUT2D eigenvalue weighted by atomic mass is 32.2. The zero-order valence-corrected chi connectivity index (χ0v) is 20.2. The Hall–Kier alpha value is -3.41. The first-order valence-corrected chi connectivity index (χ1v) is 13.2. The molecular weight excluding hydrogens is 524 g/mol. The van der Waals surface area contributed by atoms with Crippen molar-refractivity contribution in [3.05, 3.63) is 76.9 Å². The van der Waals surface area contributed by atoms with Crippen molar-refractivity contribution >= 4 is 25.7 Å². The van der Waals surface area contributed by atoms with Gasteiger partial charge in [0, 0.05) is 24.8 Å². The van der Waals surface area contributed by atoms with Gasteiger partial charge in [0.15, 0.2) is 0 Å². The van der Waals surface area contributed by atoms with E-state index in [9.17, 15) is 34.4 Å². The maximum atomic E-state index is 14.3. The van der Waals surface area contributed by atoms with Gasteiger partial charge >= 0.3 is 6.18 Å². The average Bonchev–Trinajstić information content (AvgIpc) is 3.32. The van der Waals surface area contributed by atoms with E-state index in [2.05, 4.69) is 0 Å². The van der Waals surface area contributed by atoms with E-state index >= 15 is 0 Å². The lowest BCUT2D eigenvalue weighted by molar-refractivity contribution is -0.147. The van der Waals surface area contributed by atoms with Gasteiger partial charge in [0.1, 0.15) is 10.7 Å². The van der Waals surface area contributed by atoms with Gasteiger partial charge in [0.05, 0.1) is 34.5 Å². The number of anilines is 1. The van der Waals surface area contributed by atoms with Crippen molar-refractivity contribution in [2.24, 2.45) is 0 Å². The number of aromatic nitrogens is 1. The molecular formula is C22H18F4N4O4S2. The minimum absolute atomic E-state index is 0.0607. The van der Waals surface area contributed by atoms with Crippen LogP contribution in [0.5, 0.6) is 0 Å². The predicted octanol–water partition coefficient (Wildman–Crippen LogP) is 3.72. The lowest BCUT2D eigenvalue weighted by Gasteiger charge is -2.18. The van der Waals surface area contributed by atoms with E-state index in [4.69, 9.17) is 5.26 Å². The number of rotatable bonds is 6. The average molecular weight is 543 g/mol. The van der Waals surface area contributed by atoms with Crippen molar-refractivity contribution in [1.82, 2.24) is 8.87 Å². The minimum atomic E-state index is -4.64. The second kappa shape index (κ2) is 8.91. The molecule has 1 aliphatic rings. The van der Waals surface area contributed by atoms with Crippen molar-refractivity contribution in [2.75, 3.05) is 11.3 Å². The molecule has 190 valence electrons. The summed E-state index contributed by atoms with van der Waals surface area (Å²) in [5, 5.41) is 8.86. The van der Waals surface area contributed by atoms with E-state index in [0.717, 1.165) is 28.8 Å². The van der Waals surface area contributed by atoms with Gasteiger partial charge in [0.2, 0.25) is 0 Å². The predicted molar refractivity (Wildman–Crippen MR) is 120 cm³/mol. The normalized spacial score (nSPS) is 14.4. The molecule has 8 nitrogen and oxygen atoms in total. The molecule has 0 saturated heterocycles. The van der Waals surface area contributed by atoms with Gasteiger partial charge in [-0.1, -0.05) is 17.7 Å². The van der Waals surface area contributed by atoms with Crippen LogP contribution in [0.3, 0.4) is 0 Å².